The number of hydrogen-bond acceptors (Lipinski definition) is 3. The number of anilines is 2. The summed E-state index contributed by atoms with van der Waals surface area (Å²) < 4.78 is 36.4. The summed E-state index contributed by atoms with van der Waals surface area (Å²) >= 11 is 0. The van der Waals surface area contributed by atoms with Crippen molar-refractivity contribution in [1.82, 2.24) is 0 Å². The highest BCUT2D eigenvalue weighted by Gasteiger charge is 2.29. The normalized spacial score (nSPS) is 10.9. The Bertz CT molecular complexity index is 420. The van der Waals surface area contributed by atoms with E-state index in [1.807, 2.05) is 6.07 Å². The summed E-state index contributed by atoms with van der Waals surface area (Å²) in [7, 11) is 1.31. The zero-order valence-corrected chi connectivity index (χ0v) is 8.54. The number of nitrogens with zero attached hydrogens (tertiary/aromatic N) is 2. The van der Waals surface area contributed by atoms with Gasteiger partial charge in [-0.25, -0.2) is 0 Å². The molecule has 6 heteroatoms. The van der Waals surface area contributed by atoms with Crippen molar-refractivity contribution in [2.45, 2.75) is 6.18 Å². The summed E-state index contributed by atoms with van der Waals surface area (Å²) in [6.07, 6.45) is -4.27. The number of nitrogens with two attached hydrogens (primary N) is 1. The summed E-state index contributed by atoms with van der Waals surface area (Å²) in [4.78, 5) is 1.01. The van der Waals surface area contributed by atoms with Crippen molar-refractivity contribution < 1.29 is 13.2 Å². The van der Waals surface area contributed by atoms with E-state index in [2.05, 4.69) is 0 Å². The van der Waals surface area contributed by atoms with Gasteiger partial charge in [-0.15, -0.1) is 0 Å². The van der Waals surface area contributed by atoms with Gasteiger partial charge in [0.05, 0.1) is 5.56 Å². The van der Waals surface area contributed by atoms with Crippen LogP contribution in [0.2, 0.25) is 0 Å². The molecule has 0 radical (unpaired) electrons. The van der Waals surface area contributed by atoms with Crippen LogP contribution in [0.15, 0.2) is 18.2 Å². The van der Waals surface area contributed by atoms with E-state index in [4.69, 9.17) is 11.0 Å². The predicted molar refractivity (Wildman–Crippen MR) is 54.9 cm³/mol. The fraction of sp³-hybridized carbons (Fsp3) is 0.300. The quantitative estimate of drug-likeness (QED) is 0.790. The van der Waals surface area contributed by atoms with E-state index in [1.54, 1.807) is 0 Å². The Morgan fingerprint density at radius 3 is 2.56 bits per heavy atom. The molecule has 0 aliphatic rings. The monoisotopic (exact) mass is 229 g/mol. The van der Waals surface area contributed by atoms with Gasteiger partial charge in [0.15, 0.2) is 0 Å². The third-order valence-corrected chi connectivity index (χ3v) is 2.01. The summed E-state index contributed by atoms with van der Waals surface area (Å²) in [6.45, 7) is -1.07. The van der Waals surface area contributed by atoms with Crippen LogP contribution >= 0.6 is 0 Å². The van der Waals surface area contributed by atoms with Crippen molar-refractivity contribution in [3.8, 4) is 6.07 Å². The summed E-state index contributed by atoms with van der Waals surface area (Å²) in [5.41, 5.74) is 6.20. The SMILES string of the molecule is CN(CC(F)(F)F)c1ccc(N)c(C#N)c1. The standard InChI is InChI=1S/C10H10F3N3/c1-16(6-10(11,12)13)8-2-3-9(15)7(4-8)5-14/h2-4H,6,15H2,1H3. The van der Waals surface area contributed by atoms with Gasteiger partial charge in [-0.2, -0.15) is 18.4 Å². The molecule has 0 spiro atoms. The Labute approximate surface area is 90.9 Å². The average Bonchev–Trinajstić information content (AvgIpc) is 2.15. The molecule has 0 unspecified atom stereocenters. The van der Waals surface area contributed by atoms with E-state index in [0.29, 0.717) is 5.69 Å². The van der Waals surface area contributed by atoms with Crippen LogP contribution in [0.1, 0.15) is 5.56 Å². The van der Waals surface area contributed by atoms with E-state index in [9.17, 15) is 13.2 Å². The molecule has 0 aliphatic heterocycles. The van der Waals surface area contributed by atoms with Crippen LogP contribution < -0.4 is 10.6 Å². The Kier molecular flexibility index (Phi) is 3.28. The van der Waals surface area contributed by atoms with Crippen LogP contribution in [0, 0.1) is 11.3 Å². The minimum Gasteiger partial charge on any atom is -0.398 e. The lowest BCUT2D eigenvalue weighted by atomic mass is 10.1. The first kappa shape index (κ1) is 12.2. The van der Waals surface area contributed by atoms with Gasteiger partial charge >= 0.3 is 6.18 Å². The van der Waals surface area contributed by atoms with Crippen molar-refractivity contribution in [2.24, 2.45) is 0 Å². The number of alkyl halides is 3. The molecule has 1 rings (SSSR count). The van der Waals surface area contributed by atoms with Gasteiger partial charge in [0, 0.05) is 18.4 Å². The second-order valence-corrected chi connectivity index (χ2v) is 3.35. The number of hydrogen-bond donors (Lipinski definition) is 1. The Hall–Kier alpha value is -1.90. The molecule has 1 aromatic rings. The molecule has 0 saturated carbocycles. The highest BCUT2D eigenvalue weighted by Crippen LogP contribution is 2.23. The van der Waals surface area contributed by atoms with E-state index in [-0.39, 0.29) is 11.3 Å². The van der Waals surface area contributed by atoms with E-state index in [0.717, 1.165) is 4.90 Å². The van der Waals surface area contributed by atoms with Crippen LogP contribution in [0.3, 0.4) is 0 Å². The van der Waals surface area contributed by atoms with Crippen LogP contribution in [0.25, 0.3) is 0 Å². The predicted octanol–water partition coefficient (Wildman–Crippen LogP) is 2.14. The molecule has 0 aliphatic carbocycles. The van der Waals surface area contributed by atoms with Crippen LogP contribution in [0.4, 0.5) is 24.5 Å². The molecular formula is C10H10F3N3. The van der Waals surface area contributed by atoms with Gasteiger partial charge in [0.2, 0.25) is 0 Å². The first-order valence-electron chi connectivity index (χ1n) is 4.41. The molecule has 0 saturated heterocycles. The van der Waals surface area contributed by atoms with E-state index >= 15 is 0 Å². The average molecular weight is 229 g/mol. The number of halogens is 3. The Morgan fingerprint density at radius 2 is 2.06 bits per heavy atom. The minimum atomic E-state index is -4.27. The van der Waals surface area contributed by atoms with Crippen molar-refractivity contribution >= 4 is 11.4 Å². The van der Waals surface area contributed by atoms with Gasteiger partial charge in [0.1, 0.15) is 12.6 Å². The summed E-state index contributed by atoms with van der Waals surface area (Å²) in [5, 5.41) is 8.69. The first-order valence-corrected chi connectivity index (χ1v) is 4.41. The van der Waals surface area contributed by atoms with Gasteiger partial charge in [-0.3, -0.25) is 0 Å². The maximum Gasteiger partial charge on any atom is 0.405 e. The molecule has 0 amide bonds. The lowest BCUT2D eigenvalue weighted by Gasteiger charge is -2.21. The molecule has 0 bridgehead atoms. The smallest absolute Gasteiger partial charge is 0.398 e. The third-order valence-electron chi connectivity index (χ3n) is 2.01. The second kappa shape index (κ2) is 4.31. The largest absolute Gasteiger partial charge is 0.405 e. The molecule has 0 heterocycles. The van der Waals surface area contributed by atoms with Crippen molar-refractivity contribution in [2.75, 3.05) is 24.2 Å². The fourth-order valence-electron chi connectivity index (χ4n) is 1.24. The summed E-state index contributed by atoms with van der Waals surface area (Å²) in [6, 6.07) is 6.02. The van der Waals surface area contributed by atoms with Crippen molar-refractivity contribution in [1.29, 1.82) is 5.26 Å². The van der Waals surface area contributed by atoms with Gasteiger partial charge in [0.25, 0.3) is 0 Å². The maximum absolute atomic E-state index is 12.1. The zero-order chi connectivity index (χ0) is 12.3. The Balaban J connectivity index is 2.93. The molecule has 0 atom stereocenters. The minimum absolute atomic E-state index is 0.173. The number of nitrogen functional groups attached to an aromatic ring is 1. The molecule has 0 fully saturated rings. The molecular weight excluding hydrogens is 219 g/mol. The van der Waals surface area contributed by atoms with Crippen molar-refractivity contribution in [3.63, 3.8) is 0 Å². The number of benzene rings is 1. The molecule has 2 N–H and O–H groups in total. The first-order chi connectivity index (χ1) is 7.33. The molecule has 1 aromatic carbocycles. The molecule has 3 nitrogen and oxygen atoms in total. The molecule has 86 valence electrons. The number of rotatable bonds is 2. The van der Waals surface area contributed by atoms with E-state index in [1.165, 1.54) is 25.2 Å². The third kappa shape index (κ3) is 3.05. The van der Waals surface area contributed by atoms with Gasteiger partial charge < -0.3 is 10.6 Å². The van der Waals surface area contributed by atoms with Gasteiger partial charge in [-0.1, -0.05) is 0 Å². The fourth-order valence-corrected chi connectivity index (χ4v) is 1.24. The zero-order valence-electron chi connectivity index (χ0n) is 8.54. The van der Waals surface area contributed by atoms with E-state index < -0.39 is 12.7 Å². The number of nitriles is 1. The molecule has 16 heavy (non-hydrogen) atoms. The summed E-state index contributed by atoms with van der Waals surface area (Å²) in [5.74, 6) is 0. The maximum atomic E-state index is 12.1. The second-order valence-electron chi connectivity index (χ2n) is 3.35. The van der Waals surface area contributed by atoms with Gasteiger partial charge in [-0.05, 0) is 18.2 Å². The highest BCUT2D eigenvalue weighted by atomic mass is 19.4. The van der Waals surface area contributed by atoms with Crippen molar-refractivity contribution in [3.05, 3.63) is 23.8 Å². The highest BCUT2D eigenvalue weighted by molar-refractivity contribution is 5.62. The van der Waals surface area contributed by atoms with Crippen LogP contribution in [0.5, 0.6) is 0 Å². The topological polar surface area (TPSA) is 53.0 Å². The Morgan fingerprint density at radius 1 is 1.44 bits per heavy atom. The molecule has 0 aromatic heterocycles. The van der Waals surface area contributed by atoms with Crippen LogP contribution in [-0.4, -0.2) is 19.8 Å². The lowest BCUT2D eigenvalue weighted by Crippen LogP contribution is -2.30. The lowest BCUT2D eigenvalue weighted by molar-refractivity contribution is -0.119. The van der Waals surface area contributed by atoms with Crippen LogP contribution in [-0.2, 0) is 0 Å².